The van der Waals surface area contributed by atoms with Gasteiger partial charge in [-0.3, -0.25) is 14.6 Å². The van der Waals surface area contributed by atoms with Gasteiger partial charge in [0.2, 0.25) is 0 Å². The molecule has 4 rings (SSSR count). The number of carbonyl (C=O) groups is 2. The molecule has 3 heterocycles. The Morgan fingerprint density at radius 3 is 2.41 bits per heavy atom. The Labute approximate surface area is 193 Å². The molecular weight excluding hydrogens is 473 g/mol. The standard InChI is InChI=1S/C22H15F3N4O4S/c1-2-33-21(32)17-15-11-34-19(27-18(30)12-7-9-26-10-8-12)16(15)20(31)29(28-17)14-5-3-13(4-6-14)22(23,24)25/h3-11H,2H2,1H3,(H,27,30). The highest BCUT2D eigenvalue weighted by molar-refractivity contribution is 7.16. The quantitative estimate of drug-likeness (QED) is 0.421. The zero-order chi connectivity index (χ0) is 24.5. The van der Waals surface area contributed by atoms with Gasteiger partial charge in [-0.15, -0.1) is 11.3 Å². The Morgan fingerprint density at radius 1 is 1.12 bits per heavy atom. The average molecular weight is 488 g/mol. The van der Waals surface area contributed by atoms with Gasteiger partial charge in [0.05, 0.1) is 23.2 Å². The van der Waals surface area contributed by atoms with Crippen LogP contribution in [0.4, 0.5) is 18.2 Å². The first-order valence-corrected chi connectivity index (χ1v) is 10.7. The zero-order valence-corrected chi connectivity index (χ0v) is 18.2. The lowest BCUT2D eigenvalue weighted by molar-refractivity contribution is -0.137. The molecule has 0 fully saturated rings. The number of anilines is 1. The van der Waals surface area contributed by atoms with E-state index in [-0.39, 0.29) is 33.8 Å². The highest BCUT2D eigenvalue weighted by Crippen LogP contribution is 2.32. The lowest BCUT2D eigenvalue weighted by atomic mass is 10.2. The summed E-state index contributed by atoms with van der Waals surface area (Å²) in [7, 11) is 0. The van der Waals surface area contributed by atoms with Gasteiger partial charge in [0, 0.05) is 28.7 Å². The second-order valence-corrected chi connectivity index (χ2v) is 7.75. The van der Waals surface area contributed by atoms with Crippen LogP contribution in [0.15, 0.2) is 59.0 Å². The number of carbonyl (C=O) groups excluding carboxylic acids is 2. The number of ether oxygens (including phenoxy) is 1. The molecule has 0 spiro atoms. The number of amides is 1. The minimum absolute atomic E-state index is 0.00283. The molecular formula is C22H15F3N4O4S. The van der Waals surface area contributed by atoms with Crippen molar-refractivity contribution in [1.82, 2.24) is 14.8 Å². The molecule has 0 saturated carbocycles. The first-order chi connectivity index (χ1) is 16.2. The summed E-state index contributed by atoms with van der Waals surface area (Å²) in [5.74, 6) is -1.33. The third kappa shape index (κ3) is 4.39. The molecule has 174 valence electrons. The van der Waals surface area contributed by atoms with Crippen molar-refractivity contribution < 1.29 is 27.5 Å². The first kappa shape index (κ1) is 23.1. The molecule has 4 aromatic rings. The number of halogens is 3. The van der Waals surface area contributed by atoms with E-state index in [1.54, 1.807) is 6.92 Å². The summed E-state index contributed by atoms with van der Waals surface area (Å²) in [5, 5.41) is 8.46. The number of nitrogens with zero attached hydrogens (tertiary/aromatic N) is 3. The predicted octanol–water partition coefficient (Wildman–Crippen LogP) is 4.29. The van der Waals surface area contributed by atoms with Crippen molar-refractivity contribution in [1.29, 1.82) is 0 Å². The van der Waals surface area contributed by atoms with Gasteiger partial charge >= 0.3 is 12.1 Å². The smallest absolute Gasteiger partial charge is 0.416 e. The Kier molecular flexibility index (Phi) is 6.16. The summed E-state index contributed by atoms with van der Waals surface area (Å²) >= 11 is 1.00. The molecule has 0 aliphatic heterocycles. The Morgan fingerprint density at radius 2 is 1.79 bits per heavy atom. The molecule has 8 nitrogen and oxygen atoms in total. The molecule has 0 atom stereocenters. The van der Waals surface area contributed by atoms with E-state index < -0.39 is 29.2 Å². The molecule has 0 unspecified atom stereocenters. The summed E-state index contributed by atoms with van der Waals surface area (Å²) < 4.78 is 44.7. The van der Waals surface area contributed by atoms with Crippen LogP contribution in [0.5, 0.6) is 0 Å². The monoisotopic (exact) mass is 488 g/mol. The van der Waals surface area contributed by atoms with Crippen LogP contribution in [0.3, 0.4) is 0 Å². The summed E-state index contributed by atoms with van der Waals surface area (Å²) in [6, 6.07) is 6.71. The predicted molar refractivity (Wildman–Crippen MR) is 118 cm³/mol. The highest BCUT2D eigenvalue weighted by atomic mass is 32.1. The molecule has 0 radical (unpaired) electrons. The van der Waals surface area contributed by atoms with Crippen LogP contribution >= 0.6 is 11.3 Å². The molecule has 34 heavy (non-hydrogen) atoms. The number of hydrogen-bond donors (Lipinski definition) is 1. The number of pyridine rings is 1. The van der Waals surface area contributed by atoms with Gasteiger partial charge < -0.3 is 10.1 Å². The number of alkyl halides is 3. The van der Waals surface area contributed by atoms with Crippen molar-refractivity contribution in [3.8, 4) is 5.69 Å². The summed E-state index contributed by atoms with van der Waals surface area (Å²) in [4.78, 5) is 42.3. The lowest BCUT2D eigenvalue weighted by Crippen LogP contribution is -2.25. The number of thiophene rings is 1. The minimum atomic E-state index is -4.56. The van der Waals surface area contributed by atoms with Crippen LogP contribution in [0.25, 0.3) is 16.5 Å². The Bertz CT molecular complexity index is 1430. The number of aromatic nitrogens is 3. The van der Waals surface area contributed by atoms with Gasteiger partial charge in [0.25, 0.3) is 11.5 Å². The van der Waals surface area contributed by atoms with Gasteiger partial charge in [0.1, 0.15) is 5.00 Å². The number of benzene rings is 1. The molecule has 0 aliphatic rings. The number of nitrogens with one attached hydrogen (secondary N) is 1. The van der Waals surface area contributed by atoms with Crippen LogP contribution in [0.2, 0.25) is 0 Å². The number of hydrogen-bond acceptors (Lipinski definition) is 7. The summed E-state index contributed by atoms with van der Waals surface area (Å²) in [6.45, 7) is 1.63. The molecule has 0 saturated heterocycles. The third-order valence-corrected chi connectivity index (χ3v) is 5.63. The van der Waals surface area contributed by atoms with Crippen molar-refractivity contribution in [2.45, 2.75) is 13.1 Å². The van der Waals surface area contributed by atoms with Crippen molar-refractivity contribution in [3.05, 3.63) is 81.3 Å². The second-order valence-electron chi connectivity index (χ2n) is 6.87. The van der Waals surface area contributed by atoms with E-state index in [1.807, 2.05) is 0 Å². The molecule has 1 amide bonds. The second kappa shape index (κ2) is 9.06. The van der Waals surface area contributed by atoms with Gasteiger partial charge in [0.15, 0.2) is 5.69 Å². The van der Waals surface area contributed by atoms with Crippen molar-refractivity contribution in [2.24, 2.45) is 0 Å². The SMILES string of the molecule is CCOC(=O)c1nn(-c2ccc(C(F)(F)F)cc2)c(=O)c2c(NC(=O)c3ccncc3)scc12. The normalized spacial score (nSPS) is 11.4. The van der Waals surface area contributed by atoms with Crippen LogP contribution in [-0.4, -0.2) is 33.2 Å². The maximum atomic E-state index is 13.3. The molecule has 1 N–H and O–H groups in total. The Balaban J connectivity index is 1.87. The maximum absolute atomic E-state index is 13.3. The van der Waals surface area contributed by atoms with Crippen molar-refractivity contribution in [3.63, 3.8) is 0 Å². The lowest BCUT2D eigenvalue weighted by Gasteiger charge is -2.11. The fourth-order valence-corrected chi connectivity index (χ4v) is 4.07. The van der Waals surface area contributed by atoms with E-state index in [4.69, 9.17) is 4.74 Å². The largest absolute Gasteiger partial charge is 0.461 e. The van der Waals surface area contributed by atoms with Gasteiger partial charge in [-0.1, -0.05) is 0 Å². The van der Waals surface area contributed by atoms with Crippen LogP contribution in [0.1, 0.15) is 33.3 Å². The fourth-order valence-electron chi connectivity index (χ4n) is 3.14. The molecule has 1 aromatic carbocycles. The first-order valence-electron chi connectivity index (χ1n) is 9.81. The highest BCUT2D eigenvalue weighted by Gasteiger charge is 2.30. The molecule has 0 aliphatic carbocycles. The van der Waals surface area contributed by atoms with E-state index in [0.717, 1.165) is 40.3 Å². The average Bonchev–Trinajstić information content (AvgIpc) is 3.23. The van der Waals surface area contributed by atoms with Crippen molar-refractivity contribution in [2.75, 3.05) is 11.9 Å². The van der Waals surface area contributed by atoms with E-state index in [2.05, 4.69) is 15.4 Å². The minimum Gasteiger partial charge on any atom is -0.461 e. The van der Waals surface area contributed by atoms with Crippen LogP contribution < -0.4 is 10.9 Å². The van der Waals surface area contributed by atoms with Gasteiger partial charge in [-0.25, -0.2) is 4.79 Å². The van der Waals surface area contributed by atoms with E-state index in [0.29, 0.717) is 5.56 Å². The van der Waals surface area contributed by atoms with Crippen molar-refractivity contribution >= 4 is 39.0 Å². The molecule has 3 aromatic heterocycles. The van der Waals surface area contributed by atoms with Gasteiger partial charge in [-0.05, 0) is 43.3 Å². The number of rotatable bonds is 5. The fraction of sp³-hybridized carbons (Fsp3) is 0.136. The van der Waals surface area contributed by atoms with E-state index >= 15 is 0 Å². The molecule has 0 bridgehead atoms. The van der Waals surface area contributed by atoms with Crippen LogP contribution in [-0.2, 0) is 10.9 Å². The molecule has 12 heteroatoms. The zero-order valence-electron chi connectivity index (χ0n) is 17.4. The summed E-state index contributed by atoms with van der Waals surface area (Å²) in [6.07, 6.45) is -1.70. The van der Waals surface area contributed by atoms with Crippen LogP contribution in [0, 0.1) is 0 Å². The Hall–Kier alpha value is -4.06. The number of fused-ring (bicyclic) bond motifs is 1. The topological polar surface area (TPSA) is 103 Å². The summed E-state index contributed by atoms with van der Waals surface area (Å²) in [5.41, 5.74) is -1.55. The van der Waals surface area contributed by atoms with E-state index in [1.165, 1.54) is 29.9 Å². The third-order valence-electron chi connectivity index (χ3n) is 4.73. The van der Waals surface area contributed by atoms with E-state index in [9.17, 15) is 27.6 Å². The van der Waals surface area contributed by atoms with Gasteiger partial charge in [-0.2, -0.15) is 23.0 Å². The number of esters is 1. The maximum Gasteiger partial charge on any atom is 0.416 e.